The van der Waals surface area contributed by atoms with Gasteiger partial charge in [-0.2, -0.15) is 0 Å². The largest absolute Gasteiger partial charge is 0.505 e. The number of aromatic hydroxyl groups is 2. The lowest BCUT2D eigenvalue weighted by atomic mass is 10.1. The molecule has 0 aromatic heterocycles. The van der Waals surface area contributed by atoms with Gasteiger partial charge in [0.2, 0.25) is 9.84 Å². The highest BCUT2D eigenvalue weighted by Gasteiger charge is 2.21. The number of aliphatic hydroxyl groups excluding tert-OH is 2. The maximum atomic E-state index is 13.0. The van der Waals surface area contributed by atoms with E-state index in [1.807, 2.05) is 42.5 Å². The molecule has 0 bridgehead atoms. The van der Waals surface area contributed by atoms with E-state index in [4.69, 9.17) is 28.9 Å². The second-order valence-electron chi connectivity index (χ2n) is 11.6. The van der Waals surface area contributed by atoms with Gasteiger partial charge in [0.1, 0.15) is 11.5 Å². The van der Waals surface area contributed by atoms with Crippen molar-refractivity contribution in [3.63, 3.8) is 0 Å². The molecule has 0 saturated carbocycles. The molecular formula is C40H37Cl2N3O6S2. The maximum Gasteiger partial charge on any atom is 0.206 e. The van der Waals surface area contributed by atoms with E-state index in [0.717, 1.165) is 15.4 Å². The van der Waals surface area contributed by atoms with Crippen LogP contribution >= 0.6 is 35.0 Å². The molecule has 9 nitrogen and oxygen atoms in total. The van der Waals surface area contributed by atoms with Crippen LogP contribution < -0.4 is 16.4 Å². The van der Waals surface area contributed by atoms with Gasteiger partial charge < -0.3 is 36.8 Å². The van der Waals surface area contributed by atoms with E-state index >= 15 is 0 Å². The molecule has 6 rings (SSSR count). The van der Waals surface area contributed by atoms with Gasteiger partial charge in [-0.15, -0.1) is 0 Å². The van der Waals surface area contributed by atoms with E-state index < -0.39 is 9.84 Å². The minimum Gasteiger partial charge on any atom is -0.505 e. The summed E-state index contributed by atoms with van der Waals surface area (Å²) in [6.07, 6.45) is 0. The average Bonchev–Trinajstić information content (AvgIpc) is 3.16. The van der Waals surface area contributed by atoms with E-state index in [1.54, 1.807) is 72.4 Å². The number of hydrogen-bond acceptors (Lipinski definition) is 10. The Morgan fingerprint density at radius 1 is 0.604 bits per heavy atom. The summed E-state index contributed by atoms with van der Waals surface area (Å²) in [7, 11) is -3.71. The van der Waals surface area contributed by atoms with Crippen molar-refractivity contribution in [3.8, 4) is 11.5 Å². The molecule has 0 spiro atoms. The number of aliphatic hydroxyl groups is 2. The lowest BCUT2D eigenvalue weighted by molar-refractivity contribution is 0.275. The van der Waals surface area contributed by atoms with Crippen molar-refractivity contribution >= 4 is 61.9 Å². The van der Waals surface area contributed by atoms with Crippen LogP contribution in [-0.4, -0.2) is 28.8 Å². The van der Waals surface area contributed by atoms with Crippen molar-refractivity contribution in [2.45, 2.75) is 45.9 Å². The highest BCUT2D eigenvalue weighted by Crippen LogP contribution is 2.34. The zero-order chi connectivity index (χ0) is 38.0. The van der Waals surface area contributed by atoms with Gasteiger partial charge in [-0.1, -0.05) is 77.4 Å². The number of hydrogen-bond donors (Lipinski definition) is 7. The first-order valence-corrected chi connectivity index (χ1v) is 19.3. The smallest absolute Gasteiger partial charge is 0.206 e. The number of nitrogens with two attached hydrogens (primary N) is 1. The molecule has 0 radical (unpaired) electrons. The SMILES string of the molecule is Nc1ccc(Sc2ccc(Cl)cc2)c(CNc2cccc(CO)c2O)c1.O=S(=O)(c1ccc(Cl)cc1)c1ccccc1CNc1cccc(CO)c1O. The number of anilines is 3. The van der Waals surface area contributed by atoms with Crippen molar-refractivity contribution in [2.75, 3.05) is 16.4 Å². The van der Waals surface area contributed by atoms with Gasteiger partial charge in [-0.25, -0.2) is 8.42 Å². The Labute approximate surface area is 322 Å². The van der Waals surface area contributed by atoms with Gasteiger partial charge >= 0.3 is 0 Å². The zero-order valence-electron chi connectivity index (χ0n) is 28.2. The third-order valence-electron chi connectivity index (χ3n) is 8.03. The number of halogens is 2. The molecule has 0 amide bonds. The highest BCUT2D eigenvalue weighted by molar-refractivity contribution is 7.99. The summed E-state index contributed by atoms with van der Waals surface area (Å²) in [4.78, 5) is 2.47. The van der Waals surface area contributed by atoms with Crippen LogP contribution in [0.2, 0.25) is 10.0 Å². The summed E-state index contributed by atoms with van der Waals surface area (Å²) in [5.74, 6) is 0.00356. The topological polar surface area (TPSA) is 165 Å². The number of rotatable bonds is 12. The van der Waals surface area contributed by atoms with Crippen molar-refractivity contribution in [2.24, 2.45) is 0 Å². The van der Waals surface area contributed by atoms with Crippen LogP contribution in [0.4, 0.5) is 17.1 Å². The molecule has 6 aromatic carbocycles. The van der Waals surface area contributed by atoms with Crippen LogP contribution in [0.1, 0.15) is 22.3 Å². The number of sulfone groups is 1. The normalized spacial score (nSPS) is 11.0. The Morgan fingerprint density at radius 3 is 1.68 bits per heavy atom. The minimum atomic E-state index is -3.71. The molecule has 0 aliphatic rings. The first kappa shape index (κ1) is 39.3. The third kappa shape index (κ3) is 10.2. The molecule has 0 fully saturated rings. The molecule has 0 heterocycles. The highest BCUT2D eigenvalue weighted by atomic mass is 35.5. The Balaban J connectivity index is 0.000000204. The fourth-order valence-electron chi connectivity index (χ4n) is 5.22. The Morgan fingerprint density at radius 2 is 1.11 bits per heavy atom. The van der Waals surface area contributed by atoms with Crippen LogP contribution in [0, 0.1) is 0 Å². The molecule has 53 heavy (non-hydrogen) atoms. The van der Waals surface area contributed by atoms with Gasteiger partial charge in [0.15, 0.2) is 0 Å². The summed E-state index contributed by atoms with van der Waals surface area (Å²) in [5.41, 5.74) is 10.1. The molecule has 274 valence electrons. The fourth-order valence-corrected chi connectivity index (χ4v) is 7.89. The van der Waals surface area contributed by atoms with Crippen LogP contribution in [0.25, 0.3) is 0 Å². The zero-order valence-corrected chi connectivity index (χ0v) is 31.4. The third-order valence-corrected chi connectivity index (χ3v) is 11.5. The van der Waals surface area contributed by atoms with Gasteiger partial charge in [-0.05, 0) is 96.1 Å². The quantitative estimate of drug-likeness (QED) is 0.0471. The molecule has 0 saturated heterocycles. The second kappa shape index (κ2) is 18.2. The predicted molar refractivity (Wildman–Crippen MR) is 212 cm³/mol. The summed E-state index contributed by atoms with van der Waals surface area (Å²) in [6.45, 7) is 0.176. The molecule has 0 aliphatic carbocycles. The molecule has 6 aromatic rings. The van der Waals surface area contributed by atoms with Gasteiger partial charge in [-0.3, -0.25) is 0 Å². The van der Waals surface area contributed by atoms with E-state index in [1.165, 1.54) is 24.3 Å². The number of para-hydroxylation sites is 2. The number of phenols is 2. The van der Waals surface area contributed by atoms with E-state index in [2.05, 4.69) is 10.6 Å². The molecule has 0 aliphatic heterocycles. The summed E-state index contributed by atoms with van der Waals surface area (Å²) < 4.78 is 26.0. The Bertz CT molecular complexity index is 2270. The predicted octanol–water partition coefficient (Wildman–Crippen LogP) is 8.87. The van der Waals surface area contributed by atoms with Crippen molar-refractivity contribution in [3.05, 3.63) is 160 Å². The van der Waals surface area contributed by atoms with Crippen LogP contribution in [0.3, 0.4) is 0 Å². The molecule has 13 heteroatoms. The van der Waals surface area contributed by atoms with E-state index in [-0.39, 0.29) is 41.0 Å². The Hall–Kier alpha value is -4.88. The van der Waals surface area contributed by atoms with Crippen LogP contribution in [0.15, 0.2) is 147 Å². The summed E-state index contributed by atoms with van der Waals surface area (Å²) >= 11 is 13.4. The molecule has 0 unspecified atom stereocenters. The maximum absolute atomic E-state index is 13.0. The first-order valence-electron chi connectivity index (χ1n) is 16.2. The van der Waals surface area contributed by atoms with Crippen LogP contribution in [0.5, 0.6) is 11.5 Å². The number of nitrogen functional groups attached to an aromatic ring is 1. The van der Waals surface area contributed by atoms with Gasteiger partial charge in [0.25, 0.3) is 0 Å². The standard InChI is InChI=1S/C20H19ClN2O2S.C20H18ClNO4S/c21-15-4-7-17(8-5-15)26-19-9-6-16(22)10-14(19)11-23-18-3-1-2-13(12-24)20(18)25;21-16-8-10-17(11-9-16)27(25,26)19-7-2-1-4-14(19)12-22-18-6-3-5-15(13-23)20(18)24/h1-10,23-25H,11-12,22H2;1-11,22-24H,12-13H2. The first-order chi connectivity index (χ1) is 25.5. The van der Waals surface area contributed by atoms with E-state index in [9.17, 15) is 28.8 Å². The summed E-state index contributed by atoms with van der Waals surface area (Å²) in [6, 6.07) is 36.3. The fraction of sp³-hybridized carbons (Fsp3) is 0.100. The summed E-state index contributed by atoms with van der Waals surface area (Å²) in [5, 5.41) is 46.3. The molecular weight excluding hydrogens is 753 g/mol. The monoisotopic (exact) mass is 789 g/mol. The number of benzene rings is 6. The molecule has 0 atom stereocenters. The second-order valence-corrected chi connectivity index (χ2v) is 15.5. The Kier molecular flexibility index (Phi) is 13.5. The average molecular weight is 791 g/mol. The lowest BCUT2D eigenvalue weighted by Crippen LogP contribution is -2.09. The minimum absolute atomic E-state index is 0.0574. The van der Waals surface area contributed by atoms with Crippen molar-refractivity contribution in [1.82, 2.24) is 0 Å². The van der Waals surface area contributed by atoms with E-state index in [0.29, 0.717) is 50.3 Å². The van der Waals surface area contributed by atoms with Crippen molar-refractivity contribution < 1.29 is 28.8 Å². The van der Waals surface area contributed by atoms with Gasteiger partial charge in [0, 0.05) is 49.7 Å². The lowest BCUT2D eigenvalue weighted by Gasteiger charge is -2.14. The van der Waals surface area contributed by atoms with Gasteiger partial charge in [0.05, 0.1) is 34.4 Å². The number of nitrogens with one attached hydrogen (secondary N) is 2. The van der Waals surface area contributed by atoms with Crippen molar-refractivity contribution in [1.29, 1.82) is 0 Å². The molecule has 8 N–H and O–H groups in total. The van der Waals surface area contributed by atoms with Crippen LogP contribution in [-0.2, 0) is 36.1 Å².